The lowest BCUT2D eigenvalue weighted by molar-refractivity contribution is -0.228. The minimum atomic E-state index is -2.98. The van der Waals surface area contributed by atoms with Crippen molar-refractivity contribution < 1.29 is 47.2 Å². The zero-order valence-corrected chi connectivity index (χ0v) is 37.8. The number of nitrogens with one attached hydrogen (secondary N) is 1. The molecule has 12 nitrogen and oxygen atoms in total. The van der Waals surface area contributed by atoms with Crippen molar-refractivity contribution >= 4 is 40.6 Å². The number of aliphatic hydroxyl groups is 1. The van der Waals surface area contributed by atoms with Gasteiger partial charge in [0.05, 0.1) is 27.4 Å². The van der Waals surface area contributed by atoms with E-state index in [0.29, 0.717) is 68.1 Å². The first-order chi connectivity index (χ1) is 30.0. The molecule has 1 aliphatic carbocycles. The summed E-state index contributed by atoms with van der Waals surface area (Å²) in [5.41, 5.74) is -0.915. The van der Waals surface area contributed by atoms with E-state index in [1.165, 1.54) is 28.3 Å². The van der Waals surface area contributed by atoms with E-state index in [0.717, 1.165) is 34.5 Å². The summed E-state index contributed by atoms with van der Waals surface area (Å²) in [4.78, 5) is 52.8. The van der Waals surface area contributed by atoms with Crippen LogP contribution in [0.3, 0.4) is 0 Å². The lowest BCUT2D eigenvalue weighted by Crippen LogP contribution is -2.81. The molecule has 1 unspecified atom stereocenters. The number of anilines is 1. The Kier molecular flexibility index (Phi) is 11.4. The number of H-pyrrole nitrogens is 1. The Morgan fingerprint density at radius 3 is 2.41 bits per heavy atom. The molecule has 4 aliphatic heterocycles. The molecule has 1 aromatic heterocycles. The van der Waals surface area contributed by atoms with Gasteiger partial charge in [-0.1, -0.05) is 51.1 Å². The van der Waals surface area contributed by atoms with Gasteiger partial charge in [0.25, 0.3) is 0 Å². The van der Waals surface area contributed by atoms with Gasteiger partial charge in [0.1, 0.15) is 11.2 Å². The first kappa shape index (κ1) is 44.8. The number of carbonyl (C=O) groups is 3. The van der Waals surface area contributed by atoms with Gasteiger partial charge in [-0.25, -0.2) is 13.6 Å². The molecule has 0 amide bonds. The van der Waals surface area contributed by atoms with E-state index in [9.17, 15) is 14.7 Å². The molecule has 2 N–H and O–H groups in total. The molecule has 1 saturated heterocycles. The summed E-state index contributed by atoms with van der Waals surface area (Å²) < 4.78 is 54.9. The van der Waals surface area contributed by atoms with E-state index in [1.54, 1.807) is 6.08 Å². The number of methoxy groups -OCH3 is 3. The Bertz CT molecular complexity index is 2360. The van der Waals surface area contributed by atoms with Crippen LogP contribution in [0.5, 0.6) is 5.75 Å². The molecule has 63 heavy (non-hydrogen) atoms. The molecule has 2 aromatic carbocycles. The third-order valence-corrected chi connectivity index (χ3v) is 15.7. The highest BCUT2D eigenvalue weighted by atomic mass is 19.3. The Labute approximate surface area is 368 Å². The SMILES string of the molecule is C=Cc1ccc2[nH]c3c(c2c1)CCN(CC)CC(C(C)(F)F)CCC[C@]3(C(=O)OC)c1cc2c(cc1OC)N(C)[C@H]1[C@@](O)(C(=O)OC)[C@H](OC(C)=O)[C@]3(CC)C=CCN4CC[C@]21[C@@H]43. The Morgan fingerprint density at radius 2 is 1.78 bits per heavy atom. The van der Waals surface area contributed by atoms with Gasteiger partial charge in [-0.05, 0) is 87.0 Å². The molecular weight excluding hydrogens is 811 g/mol. The zero-order chi connectivity index (χ0) is 45.4. The van der Waals surface area contributed by atoms with Crippen LogP contribution in [0.15, 0.2) is 49.1 Å². The van der Waals surface area contributed by atoms with Crippen LogP contribution in [0.1, 0.15) is 87.7 Å². The maximum Gasteiger partial charge on any atom is 0.344 e. The smallest absolute Gasteiger partial charge is 0.344 e. The number of alkyl halides is 2. The Morgan fingerprint density at radius 1 is 1.03 bits per heavy atom. The normalized spacial score (nSPS) is 31.9. The van der Waals surface area contributed by atoms with Crippen LogP contribution in [-0.4, -0.2) is 129 Å². The third-order valence-electron chi connectivity index (χ3n) is 15.7. The molecule has 2 fully saturated rings. The number of rotatable bonds is 9. The van der Waals surface area contributed by atoms with Gasteiger partial charge in [-0.2, -0.15) is 0 Å². The molecule has 5 heterocycles. The first-order valence-electron chi connectivity index (χ1n) is 22.3. The maximum absolute atomic E-state index is 15.5. The van der Waals surface area contributed by atoms with Crippen molar-refractivity contribution in [2.24, 2.45) is 11.3 Å². The molecule has 8 atom stereocenters. The minimum Gasteiger partial charge on any atom is -0.496 e. The van der Waals surface area contributed by atoms with Crippen molar-refractivity contribution in [3.8, 4) is 5.75 Å². The second-order valence-electron chi connectivity index (χ2n) is 18.5. The fourth-order valence-electron chi connectivity index (χ4n) is 13.1. The van der Waals surface area contributed by atoms with Crippen LogP contribution < -0.4 is 9.64 Å². The van der Waals surface area contributed by atoms with Crippen LogP contribution in [0.4, 0.5) is 14.5 Å². The summed E-state index contributed by atoms with van der Waals surface area (Å²) in [5, 5.41) is 14.2. The number of aromatic nitrogens is 1. The standard InChI is InChI=1S/C49H62F2N4O8/c1-10-30-16-17-36-33(25-30)32-18-23-54(12-3)28-31(45(5,50)51)15-13-20-47(39(32)52-36,43(57)61-8)35-26-34-37(27-38(35)60-7)53(6)41-48(34)21-24-55-22-14-19-46(11-2,40(48)55)42(63-29(4)56)49(41,59)44(58)62-9/h10,14,16-17,19,25-27,31,40-42,52,59H,1,11-13,15,18,20-24,28H2,2-9H3/t31?,40-,41+,42+,46+,47-,48+,49-/m0/s1. The molecule has 0 radical (unpaired) electrons. The highest BCUT2D eigenvalue weighted by Crippen LogP contribution is 2.68. The number of hydrogen-bond acceptors (Lipinski definition) is 11. The van der Waals surface area contributed by atoms with Gasteiger partial charge < -0.3 is 38.8 Å². The number of ether oxygens (including phenoxy) is 4. The number of aromatic amines is 1. The van der Waals surface area contributed by atoms with Crippen molar-refractivity contribution in [1.29, 1.82) is 0 Å². The summed E-state index contributed by atoms with van der Waals surface area (Å²) >= 11 is 0. The van der Waals surface area contributed by atoms with Crippen molar-refractivity contribution in [2.45, 2.75) is 107 Å². The number of likely N-dealkylation sites (N-methyl/N-ethyl adjacent to an activating group) is 2. The van der Waals surface area contributed by atoms with Crippen molar-refractivity contribution in [3.63, 3.8) is 0 Å². The topological polar surface area (TPSA) is 134 Å². The number of benzene rings is 2. The molecular formula is C49H62F2N4O8. The van der Waals surface area contributed by atoms with Gasteiger partial charge in [0.2, 0.25) is 11.5 Å². The predicted molar refractivity (Wildman–Crippen MR) is 236 cm³/mol. The minimum absolute atomic E-state index is 0.103. The van der Waals surface area contributed by atoms with E-state index in [1.807, 2.05) is 68.3 Å². The van der Waals surface area contributed by atoms with Crippen molar-refractivity contribution in [3.05, 3.63) is 77.0 Å². The second-order valence-corrected chi connectivity index (χ2v) is 18.5. The fraction of sp³-hybridized carbons (Fsp3) is 0.571. The molecule has 3 aromatic rings. The van der Waals surface area contributed by atoms with E-state index in [-0.39, 0.29) is 31.8 Å². The highest BCUT2D eigenvalue weighted by Gasteiger charge is 2.80. The molecule has 14 heteroatoms. The fourth-order valence-corrected chi connectivity index (χ4v) is 13.1. The number of hydrogen-bond donors (Lipinski definition) is 2. The van der Waals surface area contributed by atoms with E-state index in [2.05, 4.69) is 21.4 Å². The van der Waals surface area contributed by atoms with Crippen LogP contribution in [-0.2, 0) is 45.8 Å². The van der Waals surface area contributed by atoms with Gasteiger partial charge in [0.15, 0.2) is 6.10 Å². The van der Waals surface area contributed by atoms with Crippen LogP contribution in [0.2, 0.25) is 0 Å². The lowest BCUT2D eigenvalue weighted by Gasteiger charge is -2.63. The predicted octanol–water partition coefficient (Wildman–Crippen LogP) is 6.54. The van der Waals surface area contributed by atoms with Crippen molar-refractivity contribution in [2.75, 3.05) is 66.0 Å². The summed E-state index contributed by atoms with van der Waals surface area (Å²) in [6, 6.07) is 8.47. The molecule has 340 valence electrons. The number of carbonyl (C=O) groups excluding carboxylic acids is 3. The summed E-state index contributed by atoms with van der Waals surface area (Å²) in [6.45, 7) is 12.7. The van der Waals surface area contributed by atoms with Gasteiger partial charge in [0, 0.05) is 90.3 Å². The number of nitrogens with zero attached hydrogens (tertiary/aromatic N) is 3. The summed E-state index contributed by atoms with van der Waals surface area (Å²) in [6.07, 6.45) is 6.33. The Balaban J connectivity index is 1.46. The molecule has 8 rings (SSSR count). The Hall–Kier alpha value is -4.79. The second kappa shape index (κ2) is 16.0. The third kappa shape index (κ3) is 6.31. The molecule has 5 aliphatic rings. The van der Waals surface area contributed by atoms with Crippen LogP contribution in [0, 0.1) is 11.3 Å². The van der Waals surface area contributed by atoms with E-state index in [4.69, 9.17) is 18.9 Å². The average molecular weight is 873 g/mol. The average Bonchev–Trinajstić information content (AvgIpc) is 3.91. The van der Waals surface area contributed by atoms with Crippen LogP contribution >= 0.6 is 0 Å². The van der Waals surface area contributed by atoms with Gasteiger partial charge >= 0.3 is 17.9 Å². The monoisotopic (exact) mass is 872 g/mol. The number of esters is 3. The molecule has 1 saturated carbocycles. The van der Waals surface area contributed by atoms with Crippen LogP contribution in [0.25, 0.3) is 17.0 Å². The molecule has 0 bridgehead atoms. The quantitative estimate of drug-likeness (QED) is 0.138. The maximum atomic E-state index is 15.5. The van der Waals surface area contributed by atoms with Gasteiger partial charge in [-0.3, -0.25) is 14.5 Å². The van der Waals surface area contributed by atoms with Gasteiger partial charge in [-0.15, -0.1) is 0 Å². The first-order valence-corrected chi connectivity index (χ1v) is 22.3. The van der Waals surface area contributed by atoms with E-state index >= 15 is 13.6 Å². The van der Waals surface area contributed by atoms with E-state index < -0.39 is 63.7 Å². The largest absolute Gasteiger partial charge is 0.496 e. The summed E-state index contributed by atoms with van der Waals surface area (Å²) in [5.74, 6) is -5.75. The van der Waals surface area contributed by atoms with Crippen molar-refractivity contribution in [1.82, 2.24) is 14.8 Å². The zero-order valence-electron chi connectivity index (χ0n) is 37.8. The highest BCUT2D eigenvalue weighted by molar-refractivity contribution is 5.95. The number of halogens is 2. The number of fused-ring (bicyclic) bond motifs is 4. The lowest BCUT2D eigenvalue weighted by atomic mass is 9.47. The summed E-state index contributed by atoms with van der Waals surface area (Å²) in [7, 11) is 5.92. The molecule has 1 spiro atoms.